The maximum absolute atomic E-state index is 13.0. The van der Waals surface area contributed by atoms with E-state index in [9.17, 15) is 13.2 Å². The zero-order valence-electron chi connectivity index (χ0n) is 17.0. The van der Waals surface area contributed by atoms with Crippen LogP contribution in [-0.2, 0) is 23.9 Å². The van der Waals surface area contributed by atoms with Gasteiger partial charge in [0.05, 0.1) is 23.7 Å². The first kappa shape index (κ1) is 20.4. The lowest BCUT2D eigenvalue weighted by molar-refractivity contribution is -0.146. The lowest BCUT2D eigenvalue weighted by atomic mass is 10.0. The first-order valence-corrected chi connectivity index (χ1v) is 10.7. The molecule has 0 saturated carbocycles. The van der Waals surface area contributed by atoms with Crippen LogP contribution in [-0.4, -0.2) is 42.7 Å². The molecule has 1 aromatic carbocycles. The average molecular weight is 477 g/mol. The van der Waals surface area contributed by atoms with E-state index in [1.807, 2.05) is 23.0 Å². The molecule has 2 aliphatic rings. The van der Waals surface area contributed by atoms with Crippen LogP contribution in [0.4, 0.5) is 13.2 Å². The van der Waals surface area contributed by atoms with Crippen molar-refractivity contribution in [1.29, 1.82) is 0 Å². The molecule has 6 rings (SSSR count). The monoisotopic (exact) mass is 476 g/mol. The molecular formula is C21H16ClF3N6O2. The lowest BCUT2D eigenvalue weighted by Gasteiger charge is -2.11. The van der Waals surface area contributed by atoms with E-state index in [1.165, 1.54) is 6.33 Å². The second kappa shape index (κ2) is 7.42. The fourth-order valence-corrected chi connectivity index (χ4v) is 4.53. The van der Waals surface area contributed by atoms with E-state index in [-0.39, 0.29) is 11.6 Å². The molecule has 0 spiro atoms. The summed E-state index contributed by atoms with van der Waals surface area (Å²) in [4.78, 5) is 7.84. The van der Waals surface area contributed by atoms with E-state index in [0.29, 0.717) is 36.2 Å². The van der Waals surface area contributed by atoms with Crippen molar-refractivity contribution in [2.24, 2.45) is 5.92 Å². The van der Waals surface area contributed by atoms with Crippen LogP contribution >= 0.6 is 11.6 Å². The van der Waals surface area contributed by atoms with E-state index in [4.69, 9.17) is 26.0 Å². The first-order valence-electron chi connectivity index (χ1n) is 10.3. The van der Waals surface area contributed by atoms with E-state index < -0.39 is 12.0 Å². The Balaban J connectivity index is 1.47. The van der Waals surface area contributed by atoms with Crippen LogP contribution in [0.25, 0.3) is 28.5 Å². The Labute approximate surface area is 189 Å². The molecule has 1 atom stereocenters. The third-order valence-electron chi connectivity index (χ3n) is 5.89. The Hall–Kier alpha value is -3.18. The summed E-state index contributed by atoms with van der Waals surface area (Å²) in [6.45, 7) is 2.16. The lowest BCUT2D eigenvalue weighted by Crippen LogP contribution is -2.11. The van der Waals surface area contributed by atoms with E-state index in [2.05, 4.69) is 15.1 Å². The van der Waals surface area contributed by atoms with Gasteiger partial charge in [-0.3, -0.25) is 4.68 Å². The maximum Gasteiger partial charge on any atom is 0.455 e. The quantitative estimate of drug-likeness (QED) is 0.384. The van der Waals surface area contributed by atoms with Crippen molar-refractivity contribution in [3.05, 3.63) is 52.8 Å². The molecule has 3 aromatic heterocycles. The number of alkyl halides is 3. The van der Waals surface area contributed by atoms with Crippen LogP contribution in [0, 0.1) is 5.92 Å². The Morgan fingerprint density at radius 1 is 1.21 bits per heavy atom. The Kier molecular flexibility index (Phi) is 4.59. The predicted octanol–water partition coefficient (Wildman–Crippen LogP) is 4.40. The van der Waals surface area contributed by atoms with Crippen molar-refractivity contribution < 1.29 is 22.4 Å². The summed E-state index contributed by atoms with van der Waals surface area (Å²) >= 11 is 6.30. The number of nitrogens with zero attached hydrogens (tertiary/aromatic N) is 6. The van der Waals surface area contributed by atoms with Crippen molar-refractivity contribution in [3.8, 4) is 28.5 Å². The largest absolute Gasteiger partial charge is 0.455 e. The van der Waals surface area contributed by atoms with Gasteiger partial charge < -0.3 is 13.8 Å². The molecule has 0 N–H and O–H groups in total. The van der Waals surface area contributed by atoms with Gasteiger partial charge in [0.2, 0.25) is 0 Å². The molecule has 1 unspecified atom stereocenters. The third kappa shape index (κ3) is 3.51. The minimum atomic E-state index is -4.71. The molecule has 1 saturated heterocycles. The Morgan fingerprint density at radius 2 is 2.09 bits per heavy atom. The van der Waals surface area contributed by atoms with Crippen LogP contribution in [0.5, 0.6) is 0 Å². The Morgan fingerprint density at radius 3 is 2.85 bits per heavy atom. The highest BCUT2D eigenvalue weighted by Crippen LogP contribution is 2.39. The van der Waals surface area contributed by atoms with Crippen molar-refractivity contribution >= 4 is 11.6 Å². The smallest absolute Gasteiger partial charge is 0.381 e. The fraction of sp³-hybridized carbons (Fsp3) is 0.333. The SMILES string of the molecule is FC(F)(F)c1noc(-c2ncn3c2Cc2cn(CC4CCOC4)nc2-c2cc(Cl)ccc2-3)n1. The second-order valence-electron chi connectivity index (χ2n) is 8.12. The zero-order valence-corrected chi connectivity index (χ0v) is 17.8. The standard InChI is InChI=1S/C21H16ClF3N6O2/c22-13-1-2-15-14(6-13)17-12(8-30(28-17)7-11-3-4-32-9-11)5-16-18(26-10-31(15)16)19-27-20(29-33-19)21(23,24)25/h1-2,6,8,10-11H,3-5,7,9H2. The number of aromatic nitrogens is 6. The van der Waals surface area contributed by atoms with Gasteiger partial charge in [-0.1, -0.05) is 16.8 Å². The van der Waals surface area contributed by atoms with Gasteiger partial charge in [-0.15, -0.1) is 0 Å². The van der Waals surface area contributed by atoms with Crippen LogP contribution in [0.3, 0.4) is 0 Å². The minimum Gasteiger partial charge on any atom is -0.381 e. The zero-order chi connectivity index (χ0) is 22.7. The van der Waals surface area contributed by atoms with Crippen molar-refractivity contribution in [3.63, 3.8) is 0 Å². The van der Waals surface area contributed by atoms with Gasteiger partial charge in [0.15, 0.2) is 5.69 Å². The highest BCUT2D eigenvalue weighted by atomic mass is 35.5. The van der Waals surface area contributed by atoms with Gasteiger partial charge in [0.1, 0.15) is 6.33 Å². The third-order valence-corrected chi connectivity index (χ3v) is 6.12. The normalized spacial score (nSPS) is 17.5. The number of hydrogen-bond donors (Lipinski definition) is 0. The summed E-state index contributed by atoms with van der Waals surface area (Å²) in [5, 5.41) is 8.45. The summed E-state index contributed by atoms with van der Waals surface area (Å²) in [5.74, 6) is -1.24. The van der Waals surface area contributed by atoms with Crippen molar-refractivity contribution in [1.82, 2.24) is 29.5 Å². The molecule has 0 radical (unpaired) electrons. The summed E-state index contributed by atoms with van der Waals surface area (Å²) in [7, 11) is 0. The summed E-state index contributed by atoms with van der Waals surface area (Å²) in [6, 6.07) is 5.41. The van der Waals surface area contributed by atoms with E-state index >= 15 is 0 Å². The summed E-state index contributed by atoms with van der Waals surface area (Å²) in [6.07, 6.45) is 0.120. The number of halogens is 4. The van der Waals surface area contributed by atoms with E-state index in [0.717, 1.165) is 35.5 Å². The molecule has 8 nitrogen and oxygen atoms in total. The molecule has 12 heteroatoms. The topological polar surface area (TPSA) is 83.8 Å². The van der Waals surface area contributed by atoms with Crippen LogP contribution in [0.2, 0.25) is 5.02 Å². The molecule has 1 fully saturated rings. The van der Waals surface area contributed by atoms with Crippen LogP contribution in [0.15, 0.2) is 35.2 Å². The number of ether oxygens (including phenoxy) is 1. The van der Waals surface area contributed by atoms with E-state index in [1.54, 1.807) is 10.6 Å². The molecule has 0 bridgehead atoms. The number of imidazole rings is 1. The van der Waals surface area contributed by atoms with Gasteiger partial charge in [0, 0.05) is 47.8 Å². The van der Waals surface area contributed by atoms with Gasteiger partial charge in [0.25, 0.3) is 11.7 Å². The fourth-order valence-electron chi connectivity index (χ4n) is 4.36. The summed E-state index contributed by atoms with van der Waals surface area (Å²) in [5.41, 5.74) is 4.05. The van der Waals surface area contributed by atoms with Gasteiger partial charge >= 0.3 is 6.18 Å². The number of fused-ring (bicyclic) bond motifs is 5. The molecule has 0 amide bonds. The predicted molar refractivity (Wildman–Crippen MR) is 110 cm³/mol. The Bertz CT molecular complexity index is 1350. The number of hydrogen-bond acceptors (Lipinski definition) is 6. The van der Waals surface area contributed by atoms with Crippen molar-refractivity contribution in [2.45, 2.75) is 25.6 Å². The van der Waals surface area contributed by atoms with Gasteiger partial charge in [-0.05, 0) is 24.6 Å². The molecule has 170 valence electrons. The number of benzene rings is 1. The van der Waals surface area contributed by atoms with Gasteiger partial charge in [-0.2, -0.15) is 23.3 Å². The maximum atomic E-state index is 13.0. The molecule has 33 heavy (non-hydrogen) atoms. The van der Waals surface area contributed by atoms with Crippen LogP contribution < -0.4 is 0 Å². The van der Waals surface area contributed by atoms with Gasteiger partial charge in [-0.25, -0.2) is 4.98 Å². The first-order chi connectivity index (χ1) is 15.9. The van der Waals surface area contributed by atoms with Crippen LogP contribution in [0.1, 0.15) is 23.5 Å². The molecule has 5 heterocycles. The highest BCUT2D eigenvalue weighted by Gasteiger charge is 2.38. The molecule has 2 aliphatic heterocycles. The summed E-state index contributed by atoms with van der Waals surface area (Å²) < 4.78 is 53.1. The second-order valence-corrected chi connectivity index (χ2v) is 8.56. The number of rotatable bonds is 3. The average Bonchev–Trinajstić information content (AvgIpc) is 3.54. The molecule has 0 aliphatic carbocycles. The van der Waals surface area contributed by atoms with Crippen molar-refractivity contribution in [2.75, 3.05) is 13.2 Å². The molecular weight excluding hydrogens is 461 g/mol. The molecule has 4 aromatic rings. The minimum absolute atomic E-state index is 0.198. The highest BCUT2D eigenvalue weighted by molar-refractivity contribution is 6.31.